The van der Waals surface area contributed by atoms with Gasteiger partial charge in [0.05, 0.1) is 5.56 Å². The Morgan fingerprint density at radius 3 is 2.31 bits per heavy atom. The molecule has 0 saturated heterocycles. The molecule has 1 heterocycles. The molecule has 3 nitrogen and oxygen atoms in total. The average Bonchev–Trinajstić information content (AvgIpc) is 2.55. The summed E-state index contributed by atoms with van der Waals surface area (Å²) >= 11 is 0. The van der Waals surface area contributed by atoms with E-state index in [-0.39, 0.29) is 5.91 Å². The van der Waals surface area contributed by atoms with E-state index in [1.807, 2.05) is 44.2 Å². The molecule has 1 aromatic carbocycles. The van der Waals surface area contributed by atoms with Crippen LogP contribution < -0.4 is 5.73 Å². The molecule has 1 aromatic heterocycles. The van der Waals surface area contributed by atoms with Crippen molar-refractivity contribution in [3.8, 4) is 11.3 Å². The summed E-state index contributed by atoms with van der Waals surface area (Å²) in [5.41, 5.74) is 9.71. The number of benzene rings is 1. The van der Waals surface area contributed by atoms with Crippen molar-refractivity contribution in [1.29, 1.82) is 0 Å². The lowest BCUT2D eigenvalue weighted by atomic mass is 10.1. The predicted octanol–water partition coefficient (Wildman–Crippen LogP) is 2.40. The lowest BCUT2D eigenvalue weighted by Crippen LogP contribution is -2.12. The zero-order valence-electron chi connectivity index (χ0n) is 9.37. The maximum absolute atomic E-state index is 11.3. The van der Waals surface area contributed by atoms with E-state index in [0.717, 1.165) is 22.5 Å². The van der Waals surface area contributed by atoms with E-state index in [1.54, 1.807) is 0 Å². The van der Waals surface area contributed by atoms with Crippen LogP contribution in [-0.4, -0.2) is 10.9 Å². The third-order valence-electron chi connectivity index (χ3n) is 2.75. The van der Waals surface area contributed by atoms with Crippen molar-refractivity contribution in [1.82, 2.24) is 4.98 Å². The number of carbonyl (C=O) groups excluding carboxylic acids is 1. The Balaban J connectivity index is 2.61. The Hall–Kier alpha value is -2.03. The summed E-state index contributed by atoms with van der Waals surface area (Å²) in [6, 6.07) is 9.90. The minimum Gasteiger partial charge on any atom is -0.366 e. The van der Waals surface area contributed by atoms with Crippen LogP contribution in [0.15, 0.2) is 30.3 Å². The van der Waals surface area contributed by atoms with Crippen molar-refractivity contribution < 1.29 is 4.79 Å². The zero-order chi connectivity index (χ0) is 11.7. The first kappa shape index (κ1) is 10.5. The average molecular weight is 214 g/mol. The van der Waals surface area contributed by atoms with Gasteiger partial charge in [0, 0.05) is 11.4 Å². The van der Waals surface area contributed by atoms with Gasteiger partial charge in [-0.2, -0.15) is 0 Å². The van der Waals surface area contributed by atoms with Crippen molar-refractivity contribution in [2.24, 2.45) is 5.73 Å². The highest BCUT2D eigenvalue weighted by Crippen LogP contribution is 2.26. The summed E-state index contributed by atoms with van der Waals surface area (Å²) in [7, 11) is 0. The first-order chi connectivity index (χ1) is 7.61. The number of aromatic amines is 1. The van der Waals surface area contributed by atoms with E-state index < -0.39 is 0 Å². The minimum absolute atomic E-state index is 0.381. The molecule has 0 atom stereocenters. The molecule has 0 aliphatic carbocycles. The number of hydrogen-bond donors (Lipinski definition) is 2. The number of aryl methyl sites for hydroxylation is 1. The highest BCUT2D eigenvalue weighted by Gasteiger charge is 2.16. The predicted molar refractivity (Wildman–Crippen MR) is 64.2 cm³/mol. The normalized spacial score (nSPS) is 10.4. The van der Waals surface area contributed by atoms with Gasteiger partial charge in [-0.15, -0.1) is 0 Å². The Kier molecular flexibility index (Phi) is 2.52. The van der Waals surface area contributed by atoms with Crippen LogP contribution in [0.25, 0.3) is 11.3 Å². The fraction of sp³-hybridized carbons (Fsp3) is 0.154. The van der Waals surface area contributed by atoms with Gasteiger partial charge in [0.25, 0.3) is 5.91 Å². The molecule has 0 aliphatic rings. The van der Waals surface area contributed by atoms with Crippen molar-refractivity contribution in [3.05, 3.63) is 47.2 Å². The minimum atomic E-state index is -0.381. The molecular weight excluding hydrogens is 200 g/mol. The molecule has 82 valence electrons. The number of H-pyrrole nitrogens is 1. The lowest BCUT2D eigenvalue weighted by Gasteiger charge is -2.00. The Morgan fingerprint density at radius 1 is 1.19 bits per heavy atom. The summed E-state index contributed by atoms with van der Waals surface area (Å²) in [6.07, 6.45) is 0. The van der Waals surface area contributed by atoms with Crippen LogP contribution in [0.2, 0.25) is 0 Å². The fourth-order valence-electron chi connectivity index (χ4n) is 2.01. The van der Waals surface area contributed by atoms with Gasteiger partial charge in [-0.3, -0.25) is 4.79 Å². The van der Waals surface area contributed by atoms with Gasteiger partial charge in [-0.05, 0) is 25.0 Å². The number of rotatable bonds is 2. The first-order valence-electron chi connectivity index (χ1n) is 5.15. The molecule has 0 radical (unpaired) electrons. The van der Waals surface area contributed by atoms with E-state index >= 15 is 0 Å². The molecule has 0 bridgehead atoms. The second-order valence-electron chi connectivity index (χ2n) is 3.86. The monoisotopic (exact) mass is 214 g/mol. The molecule has 0 saturated carbocycles. The summed E-state index contributed by atoms with van der Waals surface area (Å²) in [6.45, 7) is 3.77. The molecule has 3 N–H and O–H groups in total. The molecule has 0 aliphatic heterocycles. The number of nitrogens with two attached hydrogens (primary N) is 1. The van der Waals surface area contributed by atoms with Crippen molar-refractivity contribution >= 4 is 5.91 Å². The van der Waals surface area contributed by atoms with E-state index in [9.17, 15) is 4.79 Å². The van der Waals surface area contributed by atoms with Gasteiger partial charge in [0.1, 0.15) is 0 Å². The molecule has 0 spiro atoms. The summed E-state index contributed by atoms with van der Waals surface area (Å²) in [5.74, 6) is -0.381. The van der Waals surface area contributed by atoms with Crippen LogP contribution in [0.1, 0.15) is 21.6 Å². The van der Waals surface area contributed by atoms with Crippen LogP contribution in [0, 0.1) is 13.8 Å². The van der Waals surface area contributed by atoms with Gasteiger partial charge in [-0.1, -0.05) is 30.3 Å². The topological polar surface area (TPSA) is 58.9 Å². The quantitative estimate of drug-likeness (QED) is 0.792. The third-order valence-corrected chi connectivity index (χ3v) is 2.75. The van der Waals surface area contributed by atoms with Gasteiger partial charge >= 0.3 is 0 Å². The van der Waals surface area contributed by atoms with Gasteiger partial charge < -0.3 is 10.7 Å². The van der Waals surface area contributed by atoms with E-state index in [0.29, 0.717) is 5.56 Å². The second kappa shape index (κ2) is 3.85. The first-order valence-corrected chi connectivity index (χ1v) is 5.15. The molecule has 16 heavy (non-hydrogen) atoms. The van der Waals surface area contributed by atoms with E-state index in [4.69, 9.17) is 5.73 Å². The number of amides is 1. The maximum atomic E-state index is 11.3. The van der Waals surface area contributed by atoms with Crippen molar-refractivity contribution in [2.45, 2.75) is 13.8 Å². The summed E-state index contributed by atoms with van der Waals surface area (Å²) < 4.78 is 0. The van der Waals surface area contributed by atoms with E-state index in [1.165, 1.54) is 0 Å². The summed E-state index contributed by atoms with van der Waals surface area (Å²) in [5, 5.41) is 0. The smallest absolute Gasteiger partial charge is 0.250 e. The zero-order valence-corrected chi connectivity index (χ0v) is 9.37. The number of nitrogens with one attached hydrogen (secondary N) is 1. The Morgan fingerprint density at radius 2 is 1.81 bits per heavy atom. The number of aromatic nitrogens is 1. The molecule has 0 fully saturated rings. The van der Waals surface area contributed by atoms with Crippen molar-refractivity contribution in [2.75, 3.05) is 0 Å². The molecular formula is C13H14N2O. The standard InChI is InChI=1S/C13H14N2O/c1-8-11(13(14)16)9(2)15-12(8)10-6-4-3-5-7-10/h3-7,15H,1-2H3,(H2,14,16). The SMILES string of the molecule is Cc1[nH]c(-c2ccccc2)c(C)c1C(N)=O. The Labute approximate surface area is 94.3 Å². The van der Waals surface area contributed by atoms with Crippen molar-refractivity contribution in [3.63, 3.8) is 0 Å². The van der Waals surface area contributed by atoms with Crippen LogP contribution >= 0.6 is 0 Å². The van der Waals surface area contributed by atoms with Gasteiger partial charge in [0.2, 0.25) is 0 Å². The molecule has 3 heteroatoms. The van der Waals surface area contributed by atoms with E-state index in [2.05, 4.69) is 4.98 Å². The molecule has 2 rings (SSSR count). The third kappa shape index (κ3) is 1.60. The molecule has 2 aromatic rings. The summed E-state index contributed by atoms with van der Waals surface area (Å²) in [4.78, 5) is 14.5. The van der Waals surface area contributed by atoms with Crippen LogP contribution in [0.5, 0.6) is 0 Å². The number of carbonyl (C=O) groups is 1. The van der Waals surface area contributed by atoms with Crippen LogP contribution in [-0.2, 0) is 0 Å². The Bertz CT molecular complexity index is 526. The van der Waals surface area contributed by atoms with Crippen LogP contribution in [0.3, 0.4) is 0 Å². The highest BCUT2D eigenvalue weighted by molar-refractivity contribution is 5.97. The highest BCUT2D eigenvalue weighted by atomic mass is 16.1. The lowest BCUT2D eigenvalue weighted by molar-refractivity contribution is 0.0999. The maximum Gasteiger partial charge on any atom is 0.250 e. The number of hydrogen-bond acceptors (Lipinski definition) is 1. The van der Waals surface area contributed by atoms with Crippen LogP contribution in [0.4, 0.5) is 0 Å². The fourth-order valence-corrected chi connectivity index (χ4v) is 2.01. The second-order valence-corrected chi connectivity index (χ2v) is 3.86. The van der Waals surface area contributed by atoms with Gasteiger partial charge in [0.15, 0.2) is 0 Å². The molecule has 0 unspecified atom stereocenters. The number of primary amides is 1. The largest absolute Gasteiger partial charge is 0.366 e. The molecule has 1 amide bonds. The van der Waals surface area contributed by atoms with Gasteiger partial charge in [-0.25, -0.2) is 0 Å².